The van der Waals surface area contributed by atoms with Gasteiger partial charge in [0.15, 0.2) is 5.65 Å². The molecule has 2 aromatic rings. The molecule has 2 aromatic heterocycles. The maximum Gasteiger partial charge on any atom is 0.327 e. The summed E-state index contributed by atoms with van der Waals surface area (Å²) in [6.07, 6.45) is 1.83. The Morgan fingerprint density at radius 3 is 2.56 bits per heavy atom. The molecule has 0 saturated heterocycles. The number of rotatable bonds is 2. The SMILES string of the molecule is CC(C)c1cnc2[nH]c(=O)n(C(C)C)c2c1. The molecule has 86 valence electrons. The second-order valence-electron chi connectivity index (χ2n) is 4.68. The summed E-state index contributed by atoms with van der Waals surface area (Å²) in [7, 11) is 0. The smallest absolute Gasteiger partial charge is 0.290 e. The van der Waals surface area contributed by atoms with E-state index in [-0.39, 0.29) is 11.7 Å². The number of nitrogens with one attached hydrogen (secondary N) is 1. The van der Waals surface area contributed by atoms with Crippen molar-refractivity contribution in [3.05, 3.63) is 28.3 Å². The zero-order chi connectivity index (χ0) is 11.9. The van der Waals surface area contributed by atoms with Crippen molar-refractivity contribution in [1.29, 1.82) is 0 Å². The molecule has 0 unspecified atom stereocenters. The number of pyridine rings is 1. The minimum Gasteiger partial charge on any atom is -0.290 e. The third-order valence-electron chi connectivity index (χ3n) is 2.78. The number of aromatic amines is 1. The minimum absolute atomic E-state index is 0.0848. The quantitative estimate of drug-likeness (QED) is 0.843. The van der Waals surface area contributed by atoms with Gasteiger partial charge in [0.25, 0.3) is 0 Å². The van der Waals surface area contributed by atoms with E-state index in [4.69, 9.17) is 0 Å². The zero-order valence-electron chi connectivity index (χ0n) is 10.1. The molecule has 0 aliphatic carbocycles. The van der Waals surface area contributed by atoms with Gasteiger partial charge in [-0.2, -0.15) is 0 Å². The Bertz CT molecular complexity index is 563. The highest BCUT2D eigenvalue weighted by atomic mass is 16.1. The first-order chi connectivity index (χ1) is 7.50. The maximum absolute atomic E-state index is 11.7. The van der Waals surface area contributed by atoms with E-state index < -0.39 is 0 Å². The maximum atomic E-state index is 11.7. The van der Waals surface area contributed by atoms with E-state index in [0.717, 1.165) is 11.1 Å². The van der Waals surface area contributed by atoms with Crippen LogP contribution in [0, 0.1) is 0 Å². The Kier molecular flexibility index (Phi) is 2.58. The van der Waals surface area contributed by atoms with Gasteiger partial charge < -0.3 is 0 Å². The van der Waals surface area contributed by atoms with Crippen LogP contribution in [-0.4, -0.2) is 14.5 Å². The largest absolute Gasteiger partial charge is 0.327 e. The van der Waals surface area contributed by atoms with Gasteiger partial charge in [-0.05, 0) is 31.4 Å². The molecule has 0 aliphatic heterocycles. The van der Waals surface area contributed by atoms with Crippen LogP contribution in [0.1, 0.15) is 45.2 Å². The Balaban J connectivity index is 2.75. The molecule has 1 N–H and O–H groups in total. The number of fused-ring (bicyclic) bond motifs is 1. The lowest BCUT2D eigenvalue weighted by Crippen LogP contribution is -2.18. The van der Waals surface area contributed by atoms with Crippen molar-refractivity contribution >= 4 is 11.2 Å². The van der Waals surface area contributed by atoms with Crippen molar-refractivity contribution in [3.63, 3.8) is 0 Å². The number of nitrogens with zero attached hydrogens (tertiary/aromatic N) is 2. The molecule has 0 amide bonds. The van der Waals surface area contributed by atoms with Crippen LogP contribution in [0.2, 0.25) is 0 Å². The van der Waals surface area contributed by atoms with Crippen LogP contribution in [0.3, 0.4) is 0 Å². The number of imidazole rings is 1. The molecule has 0 bridgehead atoms. The summed E-state index contributed by atoms with van der Waals surface area (Å²) in [5, 5.41) is 0. The summed E-state index contributed by atoms with van der Waals surface area (Å²) in [6.45, 7) is 8.23. The van der Waals surface area contributed by atoms with Gasteiger partial charge >= 0.3 is 5.69 Å². The van der Waals surface area contributed by atoms with Crippen molar-refractivity contribution in [2.45, 2.75) is 39.7 Å². The fourth-order valence-corrected chi connectivity index (χ4v) is 1.85. The highest BCUT2D eigenvalue weighted by Crippen LogP contribution is 2.19. The van der Waals surface area contributed by atoms with Gasteiger partial charge in [0, 0.05) is 12.2 Å². The van der Waals surface area contributed by atoms with E-state index >= 15 is 0 Å². The van der Waals surface area contributed by atoms with Gasteiger partial charge in [0.1, 0.15) is 0 Å². The summed E-state index contributed by atoms with van der Waals surface area (Å²) in [4.78, 5) is 18.8. The predicted molar refractivity (Wildman–Crippen MR) is 64.8 cm³/mol. The first-order valence-corrected chi connectivity index (χ1v) is 5.61. The monoisotopic (exact) mass is 219 g/mol. The molecular formula is C12H17N3O. The van der Waals surface area contributed by atoms with Crippen molar-refractivity contribution in [3.8, 4) is 0 Å². The summed E-state index contributed by atoms with van der Waals surface area (Å²) >= 11 is 0. The Morgan fingerprint density at radius 1 is 1.31 bits per heavy atom. The first-order valence-electron chi connectivity index (χ1n) is 5.61. The topological polar surface area (TPSA) is 50.7 Å². The lowest BCUT2D eigenvalue weighted by Gasteiger charge is -2.08. The average Bonchev–Trinajstić information content (AvgIpc) is 2.51. The third-order valence-corrected chi connectivity index (χ3v) is 2.78. The Labute approximate surface area is 94.3 Å². The first kappa shape index (κ1) is 10.9. The number of hydrogen-bond acceptors (Lipinski definition) is 2. The zero-order valence-corrected chi connectivity index (χ0v) is 10.1. The van der Waals surface area contributed by atoms with Gasteiger partial charge in [0.2, 0.25) is 0 Å². The van der Waals surface area contributed by atoms with Crippen molar-refractivity contribution < 1.29 is 0 Å². The molecule has 16 heavy (non-hydrogen) atoms. The summed E-state index contributed by atoms with van der Waals surface area (Å²) in [5.41, 5.74) is 2.63. The lowest BCUT2D eigenvalue weighted by molar-refractivity contribution is 0.597. The molecule has 0 aliphatic rings. The van der Waals surface area contributed by atoms with Gasteiger partial charge in [-0.15, -0.1) is 0 Å². The average molecular weight is 219 g/mol. The van der Waals surface area contributed by atoms with Crippen LogP contribution in [-0.2, 0) is 0 Å². The molecule has 2 heterocycles. The predicted octanol–water partition coefficient (Wildman–Crippen LogP) is 2.43. The van der Waals surface area contributed by atoms with Crippen LogP contribution in [0.15, 0.2) is 17.1 Å². The van der Waals surface area contributed by atoms with Crippen LogP contribution < -0.4 is 5.69 Å². The number of aromatic nitrogens is 3. The van der Waals surface area contributed by atoms with Crippen molar-refractivity contribution in [2.24, 2.45) is 0 Å². The molecule has 4 nitrogen and oxygen atoms in total. The second kappa shape index (κ2) is 3.77. The molecule has 2 rings (SSSR count). The third kappa shape index (κ3) is 1.64. The number of H-pyrrole nitrogens is 1. The van der Waals surface area contributed by atoms with Crippen LogP contribution in [0.25, 0.3) is 11.2 Å². The fraction of sp³-hybridized carbons (Fsp3) is 0.500. The van der Waals surface area contributed by atoms with E-state index in [9.17, 15) is 4.79 Å². The van der Waals surface area contributed by atoms with E-state index in [0.29, 0.717) is 11.6 Å². The fourth-order valence-electron chi connectivity index (χ4n) is 1.85. The van der Waals surface area contributed by atoms with Crippen molar-refractivity contribution in [1.82, 2.24) is 14.5 Å². The van der Waals surface area contributed by atoms with Gasteiger partial charge in [-0.25, -0.2) is 9.78 Å². The van der Waals surface area contributed by atoms with Crippen molar-refractivity contribution in [2.75, 3.05) is 0 Å². The molecular weight excluding hydrogens is 202 g/mol. The standard InChI is InChI=1S/C12H17N3O/c1-7(2)9-5-10-11(13-6-9)14-12(16)15(10)8(3)4/h5-8H,1-4H3,(H,13,14,16). The van der Waals surface area contributed by atoms with E-state index in [2.05, 4.69) is 23.8 Å². The molecule has 0 radical (unpaired) electrons. The van der Waals surface area contributed by atoms with Crippen LogP contribution in [0.4, 0.5) is 0 Å². The highest BCUT2D eigenvalue weighted by Gasteiger charge is 2.11. The van der Waals surface area contributed by atoms with Gasteiger partial charge in [0.05, 0.1) is 5.52 Å². The number of hydrogen-bond donors (Lipinski definition) is 1. The molecule has 0 atom stereocenters. The molecule has 0 fully saturated rings. The Hall–Kier alpha value is -1.58. The molecule has 0 spiro atoms. The van der Waals surface area contributed by atoms with Crippen LogP contribution >= 0.6 is 0 Å². The minimum atomic E-state index is -0.0848. The van der Waals surface area contributed by atoms with E-state index in [1.807, 2.05) is 26.1 Å². The van der Waals surface area contributed by atoms with E-state index in [1.165, 1.54) is 0 Å². The van der Waals surface area contributed by atoms with Crippen LogP contribution in [0.5, 0.6) is 0 Å². The van der Waals surface area contributed by atoms with E-state index in [1.54, 1.807) is 4.57 Å². The summed E-state index contributed by atoms with van der Waals surface area (Å²) in [5.74, 6) is 0.419. The normalized spacial score (nSPS) is 11.9. The second-order valence-corrected chi connectivity index (χ2v) is 4.68. The molecule has 0 aromatic carbocycles. The Morgan fingerprint density at radius 2 is 2.00 bits per heavy atom. The molecule has 4 heteroatoms. The summed E-state index contributed by atoms with van der Waals surface area (Å²) < 4.78 is 1.74. The van der Waals surface area contributed by atoms with Gasteiger partial charge in [-0.1, -0.05) is 13.8 Å². The lowest BCUT2D eigenvalue weighted by atomic mass is 10.1. The molecule has 0 saturated carbocycles. The van der Waals surface area contributed by atoms with Gasteiger partial charge in [-0.3, -0.25) is 9.55 Å². The highest BCUT2D eigenvalue weighted by molar-refractivity contribution is 5.71. The summed E-state index contributed by atoms with van der Waals surface area (Å²) in [6, 6.07) is 2.19.